The topological polar surface area (TPSA) is 168 Å². The molecule has 0 aliphatic heterocycles. The fourth-order valence-corrected chi connectivity index (χ4v) is 2.97. The lowest BCUT2D eigenvalue weighted by atomic mass is 10.2. The predicted octanol–water partition coefficient (Wildman–Crippen LogP) is 4.18. The number of rotatable bonds is 9. The Morgan fingerprint density at radius 1 is 1.16 bits per heavy atom. The number of nitrogens with two attached hydrogens (primary N) is 1. The number of thiazole rings is 1. The molecule has 3 aromatic rings. The van der Waals surface area contributed by atoms with E-state index in [1.54, 1.807) is 30.5 Å². The molecule has 1 aromatic heterocycles. The van der Waals surface area contributed by atoms with Crippen LogP contribution in [0.2, 0.25) is 0 Å². The van der Waals surface area contributed by atoms with Crippen LogP contribution in [0, 0.1) is 20.2 Å². The molecule has 0 aliphatic rings. The molecule has 2 aromatic carbocycles. The Labute approximate surface area is 179 Å². The van der Waals surface area contributed by atoms with Gasteiger partial charge in [0, 0.05) is 11.4 Å². The summed E-state index contributed by atoms with van der Waals surface area (Å²) in [5.41, 5.74) is 8.01. The van der Waals surface area contributed by atoms with Gasteiger partial charge in [0.25, 0.3) is 5.69 Å². The summed E-state index contributed by atoms with van der Waals surface area (Å²) >= 11 is 1.30. The molecule has 160 valence electrons. The lowest BCUT2D eigenvalue weighted by Crippen LogP contribution is -1.99. The van der Waals surface area contributed by atoms with Crippen LogP contribution in [0.4, 0.5) is 22.3 Å². The molecular weight excluding hydrogens is 428 g/mol. The maximum atomic E-state index is 11.3. The van der Waals surface area contributed by atoms with Gasteiger partial charge in [-0.2, -0.15) is 5.10 Å². The number of non-ortho nitro benzene ring substituents is 1. The zero-order valence-electron chi connectivity index (χ0n) is 16.0. The first kappa shape index (κ1) is 21.4. The maximum absolute atomic E-state index is 11.3. The number of hydrogen-bond donors (Lipinski definition) is 2. The first-order valence-corrected chi connectivity index (χ1v) is 9.63. The molecule has 0 spiro atoms. The largest absolute Gasteiger partial charge is 0.490 e. The zero-order chi connectivity index (χ0) is 22.4. The van der Waals surface area contributed by atoms with Gasteiger partial charge < -0.3 is 15.2 Å². The number of nitrogen functional groups attached to an aromatic ring is 1. The van der Waals surface area contributed by atoms with Crippen LogP contribution in [0.1, 0.15) is 12.5 Å². The predicted molar refractivity (Wildman–Crippen MR) is 115 cm³/mol. The van der Waals surface area contributed by atoms with Crippen LogP contribution in [0.25, 0.3) is 0 Å². The number of aromatic nitrogens is 1. The van der Waals surface area contributed by atoms with Crippen LogP contribution in [0.3, 0.4) is 0 Å². The minimum Gasteiger partial charge on any atom is -0.490 e. The van der Waals surface area contributed by atoms with Crippen LogP contribution in [0.15, 0.2) is 46.9 Å². The van der Waals surface area contributed by atoms with E-state index < -0.39 is 21.2 Å². The van der Waals surface area contributed by atoms with Gasteiger partial charge in [-0.3, -0.25) is 25.7 Å². The Bertz CT molecular complexity index is 1150. The highest BCUT2D eigenvalue weighted by atomic mass is 32.1. The first-order valence-electron chi connectivity index (χ1n) is 8.75. The number of nitro benzene ring substituents is 2. The molecule has 3 N–H and O–H groups in total. The molecule has 0 unspecified atom stereocenters. The number of nitrogens with zero attached hydrogens (tertiary/aromatic N) is 4. The van der Waals surface area contributed by atoms with Gasteiger partial charge >= 0.3 is 5.69 Å². The van der Waals surface area contributed by atoms with Gasteiger partial charge in [-0.1, -0.05) is 0 Å². The molecule has 0 atom stereocenters. The second-order valence-electron chi connectivity index (χ2n) is 5.86. The summed E-state index contributed by atoms with van der Waals surface area (Å²) in [4.78, 5) is 24.8. The van der Waals surface area contributed by atoms with E-state index in [0.29, 0.717) is 28.9 Å². The molecule has 12 nitrogen and oxygen atoms in total. The van der Waals surface area contributed by atoms with Gasteiger partial charge in [-0.15, -0.1) is 11.3 Å². The van der Waals surface area contributed by atoms with Crippen LogP contribution in [-0.4, -0.2) is 27.7 Å². The normalized spacial score (nSPS) is 10.7. The van der Waals surface area contributed by atoms with Gasteiger partial charge in [-0.05, 0) is 36.8 Å². The first-order chi connectivity index (χ1) is 14.9. The van der Waals surface area contributed by atoms with Crippen LogP contribution in [0.5, 0.6) is 17.2 Å². The fourth-order valence-electron chi connectivity index (χ4n) is 2.42. The molecule has 0 amide bonds. The van der Waals surface area contributed by atoms with E-state index in [1.165, 1.54) is 23.6 Å². The fraction of sp³-hybridized carbons (Fsp3) is 0.111. The van der Waals surface area contributed by atoms with Gasteiger partial charge in [-0.25, -0.2) is 4.98 Å². The van der Waals surface area contributed by atoms with Crippen molar-refractivity contribution in [1.29, 1.82) is 0 Å². The van der Waals surface area contributed by atoms with Gasteiger partial charge in [0.15, 0.2) is 11.5 Å². The molecule has 0 saturated carbocycles. The molecule has 0 fully saturated rings. The molecule has 3 rings (SSSR count). The third kappa shape index (κ3) is 5.42. The number of nitro groups is 2. The summed E-state index contributed by atoms with van der Waals surface area (Å²) < 4.78 is 11.2. The molecule has 0 aliphatic carbocycles. The van der Waals surface area contributed by atoms with E-state index in [-0.39, 0.29) is 11.5 Å². The highest BCUT2D eigenvalue weighted by Crippen LogP contribution is 2.38. The highest BCUT2D eigenvalue weighted by Gasteiger charge is 2.22. The Kier molecular flexibility index (Phi) is 6.57. The van der Waals surface area contributed by atoms with Gasteiger partial charge in [0.2, 0.25) is 10.9 Å². The summed E-state index contributed by atoms with van der Waals surface area (Å²) in [6, 6.07) is 7.99. The Morgan fingerprint density at radius 2 is 1.94 bits per heavy atom. The van der Waals surface area contributed by atoms with E-state index in [1.807, 2.05) is 0 Å². The van der Waals surface area contributed by atoms with Gasteiger partial charge in [0.05, 0.1) is 28.7 Å². The smallest absolute Gasteiger partial charge is 0.318 e. The van der Waals surface area contributed by atoms with E-state index in [9.17, 15) is 20.2 Å². The van der Waals surface area contributed by atoms with Crippen molar-refractivity contribution >= 4 is 39.9 Å². The maximum Gasteiger partial charge on any atom is 0.318 e. The third-order valence-corrected chi connectivity index (χ3v) is 4.50. The molecule has 0 saturated heterocycles. The lowest BCUT2D eigenvalue weighted by Gasteiger charge is -2.12. The van der Waals surface area contributed by atoms with Crippen LogP contribution in [-0.2, 0) is 0 Å². The van der Waals surface area contributed by atoms with Crippen molar-refractivity contribution in [2.45, 2.75) is 6.92 Å². The number of nitrogens with one attached hydrogen (secondary N) is 1. The summed E-state index contributed by atoms with van der Waals surface area (Å²) in [6.45, 7) is 2.09. The monoisotopic (exact) mass is 444 g/mol. The van der Waals surface area contributed by atoms with E-state index >= 15 is 0 Å². The average Bonchev–Trinajstić information content (AvgIpc) is 3.15. The number of hydrogen-bond acceptors (Lipinski definition) is 11. The molecular formula is C18H16N6O6S. The van der Waals surface area contributed by atoms with Crippen molar-refractivity contribution in [2.75, 3.05) is 17.8 Å². The lowest BCUT2D eigenvalue weighted by molar-refractivity contribution is -0.394. The summed E-state index contributed by atoms with van der Waals surface area (Å²) in [7, 11) is 0. The number of hydrazone groups is 1. The molecule has 31 heavy (non-hydrogen) atoms. The number of benzene rings is 2. The van der Waals surface area contributed by atoms with E-state index in [4.69, 9.17) is 15.2 Å². The summed E-state index contributed by atoms with van der Waals surface area (Å²) in [5.74, 6) is 0.762. The van der Waals surface area contributed by atoms with Crippen LogP contribution >= 0.6 is 11.3 Å². The molecule has 0 radical (unpaired) electrons. The van der Waals surface area contributed by atoms with Crippen molar-refractivity contribution < 1.29 is 19.3 Å². The minimum atomic E-state index is -0.749. The van der Waals surface area contributed by atoms with Crippen molar-refractivity contribution in [3.05, 3.63) is 67.6 Å². The van der Waals surface area contributed by atoms with Gasteiger partial charge in [0.1, 0.15) is 5.82 Å². The Hall–Kier alpha value is -4.26. The van der Waals surface area contributed by atoms with Crippen molar-refractivity contribution in [3.63, 3.8) is 0 Å². The highest BCUT2D eigenvalue weighted by molar-refractivity contribution is 7.14. The Balaban J connectivity index is 1.84. The van der Waals surface area contributed by atoms with Crippen LogP contribution < -0.4 is 20.6 Å². The van der Waals surface area contributed by atoms with Crippen molar-refractivity contribution in [1.82, 2.24) is 4.98 Å². The number of anilines is 2. The zero-order valence-corrected chi connectivity index (χ0v) is 16.9. The number of ether oxygens (including phenoxy) is 2. The van der Waals surface area contributed by atoms with E-state index in [2.05, 4.69) is 15.5 Å². The van der Waals surface area contributed by atoms with Crippen molar-refractivity contribution in [3.8, 4) is 17.2 Å². The second kappa shape index (κ2) is 9.49. The second-order valence-corrected chi connectivity index (χ2v) is 6.71. The summed E-state index contributed by atoms with van der Waals surface area (Å²) in [6.07, 6.45) is 1.53. The summed E-state index contributed by atoms with van der Waals surface area (Å²) in [5, 5.41) is 28.5. The molecule has 13 heteroatoms. The standard InChI is InChI=1S/C18H16N6O6S/c1-2-29-16-7-11(9-20-22-18-21-17(19)10-31-18)3-5-15(16)30-14-6-4-12(23(25)26)8-13(14)24(27)28/h3-10H,2,19H2,1H3,(H,21,22). The third-order valence-electron chi connectivity index (χ3n) is 3.73. The minimum absolute atomic E-state index is 0.152. The SMILES string of the molecule is CCOc1cc(C=NNc2nc(N)cs2)ccc1Oc1ccc([N+](=O)[O-])cc1[N+](=O)[O-]. The molecule has 0 bridgehead atoms. The molecule has 1 heterocycles. The van der Waals surface area contributed by atoms with Crippen molar-refractivity contribution in [2.24, 2.45) is 5.10 Å². The quantitative estimate of drug-likeness (QED) is 0.279. The van der Waals surface area contributed by atoms with E-state index in [0.717, 1.165) is 12.1 Å². The average molecular weight is 444 g/mol. The Morgan fingerprint density at radius 3 is 2.58 bits per heavy atom.